The van der Waals surface area contributed by atoms with Crippen LogP contribution in [0.1, 0.15) is 22.1 Å². The monoisotopic (exact) mass is 392 g/mol. The summed E-state index contributed by atoms with van der Waals surface area (Å²) < 4.78 is 15.3. The van der Waals surface area contributed by atoms with Crippen LogP contribution in [0.25, 0.3) is 0 Å². The minimum absolute atomic E-state index is 0.283. The van der Waals surface area contributed by atoms with Crippen LogP contribution in [0.5, 0.6) is 0 Å². The molecule has 2 atom stereocenters. The second-order valence-electron chi connectivity index (χ2n) is 7.75. The molecule has 0 aliphatic carbocycles. The molecule has 1 N–H and O–H groups in total. The highest BCUT2D eigenvalue weighted by Gasteiger charge is 2.39. The van der Waals surface area contributed by atoms with Gasteiger partial charge in [0, 0.05) is 44.5 Å². The standard InChI is InChI=1S/C21H21FN6O/c22-16-4-3-6-17(9-16)24-21(29)20-26-25-19-8-14-10-27(11-15(14)12-28(19)20)13-18-5-1-2-7-23-18/h1-7,9,14-15H,8,10-13H2,(H,24,29)/t14-,15-/m0/s1. The summed E-state index contributed by atoms with van der Waals surface area (Å²) in [5.74, 6) is 1.32. The number of halogens is 1. The molecule has 29 heavy (non-hydrogen) atoms. The highest BCUT2D eigenvalue weighted by atomic mass is 19.1. The molecule has 2 aromatic heterocycles. The van der Waals surface area contributed by atoms with Crippen LogP contribution in [0.3, 0.4) is 0 Å². The molecule has 3 aromatic rings. The van der Waals surface area contributed by atoms with Crippen molar-refractivity contribution in [2.24, 2.45) is 11.8 Å². The molecule has 148 valence electrons. The van der Waals surface area contributed by atoms with E-state index in [9.17, 15) is 9.18 Å². The van der Waals surface area contributed by atoms with E-state index in [1.165, 1.54) is 12.1 Å². The van der Waals surface area contributed by atoms with E-state index in [2.05, 4.69) is 25.4 Å². The van der Waals surface area contributed by atoms with Gasteiger partial charge in [-0.3, -0.25) is 14.7 Å². The molecule has 7 nitrogen and oxygen atoms in total. The first-order chi connectivity index (χ1) is 14.2. The number of benzene rings is 1. The maximum Gasteiger partial charge on any atom is 0.293 e. The van der Waals surface area contributed by atoms with Gasteiger partial charge in [-0.25, -0.2) is 4.39 Å². The van der Waals surface area contributed by atoms with Crippen LogP contribution in [-0.4, -0.2) is 43.6 Å². The summed E-state index contributed by atoms with van der Waals surface area (Å²) >= 11 is 0. The Balaban J connectivity index is 1.29. The molecule has 1 aromatic carbocycles. The fraction of sp³-hybridized carbons (Fsp3) is 0.333. The molecular formula is C21H21FN6O. The number of carbonyl (C=O) groups excluding carboxylic acids is 1. The Morgan fingerprint density at radius 3 is 2.83 bits per heavy atom. The summed E-state index contributed by atoms with van der Waals surface area (Å²) in [6, 6.07) is 11.8. The van der Waals surface area contributed by atoms with Crippen molar-refractivity contribution in [2.75, 3.05) is 18.4 Å². The molecule has 5 rings (SSSR count). The zero-order valence-corrected chi connectivity index (χ0v) is 15.8. The molecule has 0 bridgehead atoms. The quantitative estimate of drug-likeness (QED) is 0.738. The van der Waals surface area contributed by atoms with Gasteiger partial charge in [-0.2, -0.15) is 0 Å². The molecule has 0 saturated carbocycles. The molecule has 2 aliphatic rings. The number of hydrogen-bond donors (Lipinski definition) is 1. The zero-order chi connectivity index (χ0) is 19.8. The number of rotatable bonds is 4. The van der Waals surface area contributed by atoms with Crippen molar-refractivity contribution in [3.63, 3.8) is 0 Å². The number of aromatic nitrogens is 4. The predicted octanol–water partition coefficient (Wildman–Crippen LogP) is 2.37. The van der Waals surface area contributed by atoms with E-state index >= 15 is 0 Å². The molecule has 2 aliphatic heterocycles. The number of hydrogen-bond acceptors (Lipinski definition) is 5. The van der Waals surface area contributed by atoms with Gasteiger partial charge in [0.2, 0.25) is 5.82 Å². The van der Waals surface area contributed by atoms with Gasteiger partial charge in [0.15, 0.2) is 0 Å². The van der Waals surface area contributed by atoms with E-state index in [0.29, 0.717) is 17.5 Å². The number of pyridine rings is 1. The lowest BCUT2D eigenvalue weighted by Gasteiger charge is -2.25. The van der Waals surface area contributed by atoms with Crippen LogP contribution in [0.15, 0.2) is 48.7 Å². The van der Waals surface area contributed by atoms with Gasteiger partial charge in [0.1, 0.15) is 11.6 Å². The Hall–Kier alpha value is -3.13. The van der Waals surface area contributed by atoms with Crippen molar-refractivity contribution in [1.82, 2.24) is 24.6 Å². The number of nitrogens with one attached hydrogen (secondary N) is 1. The first-order valence-electron chi connectivity index (χ1n) is 9.77. The summed E-state index contributed by atoms with van der Waals surface area (Å²) in [4.78, 5) is 19.5. The third-order valence-corrected chi connectivity index (χ3v) is 5.74. The van der Waals surface area contributed by atoms with Crippen molar-refractivity contribution >= 4 is 11.6 Å². The molecular weight excluding hydrogens is 371 g/mol. The number of carbonyl (C=O) groups is 1. The van der Waals surface area contributed by atoms with E-state index in [-0.39, 0.29) is 11.7 Å². The maximum atomic E-state index is 13.4. The minimum Gasteiger partial charge on any atom is -0.319 e. The number of nitrogens with zero attached hydrogens (tertiary/aromatic N) is 5. The van der Waals surface area contributed by atoms with E-state index in [1.54, 1.807) is 12.1 Å². The normalized spacial score (nSPS) is 20.9. The van der Waals surface area contributed by atoms with Gasteiger partial charge in [-0.05, 0) is 42.2 Å². The van der Waals surface area contributed by atoms with Gasteiger partial charge in [0.05, 0.1) is 5.69 Å². The Bertz CT molecular complexity index is 1040. The highest BCUT2D eigenvalue weighted by molar-refractivity contribution is 6.01. The first kappa shape index (κ1) is 17.9. The van der Waals surface area contributed by atoms with Crippen LogP contribution in [0.4, 0.5) is 10.1 Å². The van der Waals surface area contributed by atoms with Crippen LogP contribution in [0, 0.1) is 17.7 Å². The van der Waals surface area contributed by atoms with Crippen LogP contribution < -0.4 is 5.32 Å². The summed E-state index contributed by atoms with van der Waals surface area (Å²) in [6.07, 6.45) is 2.63. The lowest BCUT2D eigenvalue weighted by atomic mass is 9.89. The maximum absolute atomic E-state index is 13.4. The van der Waals surface area contributed by atoms with Crippen LogP contribution in [0.2, 0.25) is 0 Å². The average Bonchev–Trinajstić information content (AvgIpc) is 3.29. The molecule has 1 fully saturated rings. The van der Waals surface area contributed by atoms with E-state index in [4.69, 9.17) is 0 Å². The summed E-state index contributed by atoms with van der Waals surface area (Å²) in [6.45, 7) is 3.52. The van der Waals surface area contributed by atoms with E-state index in [1.807, 2.05) is 29.0 Å². The Morgan fingerprint density at radius 1 is 1.10 bits per heavy atom. The van der Waals surface area contributed by atoms with Crippen molar-refractivity contribution in [3.8, 4) is 0 Å². The van der Waals surface area contributed by atoms with Gasteiger partial charge in [-0.1, -0.05) is 12.1 Å². The second kappa shape index (κ2) is 7.36. The number of amides is 1. The Morgan fingerprint density at radius 2 is 2.00 bits per heavy atom. The summed E-state index contributed by atoms with van der Waals surface area (Å²) in [5.41, 5.74) is 1.48. The molecule has 8 heteroatoms. The fourth-order valence-corrected chi connectivity index (χ4v) is 4.39. The molecule has 4 heterocycles. The van der Waals surface area contributed by atoms with Gasteiger partial charge in [-0.15, -0.1) is 10.2 Å². The topological polar surface area (TPSA) is 75.9 Å². The average molecular weight is 392 g/mol. The second-order valence-corrected chi connectivity index (χ2v) is 7.75. The van der Waals surface area contributed by atoms with Crippen molar-refractivity contribution in [2.45, 2.75) is 19.5 Å². The molecule has 0 radical (unpaired) electrons. The lowest BCUT2D eigenvalue weighted by molar-refractivity contribution is 0.100. The zero-order valence-electron chi connectivity index (χ0n) is 15.8. The van der Waals surface area contributed by atoms with Crippen LogP contribution >= 0.6 is 0 Å². The summed E-state index contributed by atoms with van der Waals surface area (Å²) in [5, 5.41) is 11.1. The largest absolute Gasteiger partial charge is 0.319 e. The first-order valence-corrected chi connectivity index (χ1v) is 9.77. The highest BCUT2D eigenvalue weighted by Crippen LogP contribution is 2.33. The number of anilines is 1. The number of fused-ring (bicyclic) bond motifs is 2. The van der Waals surface area contributed by atoms with E-state index in [0.717, 1.165) is 44.1 Å². The third-order valence-electron chi connectivity index (χ3n) is 5.74. The summed E-state index contributed by atoms with van der Waals surface area (Å²) in [7, 11) is 0. The van der Waals surface area contributed by atoms with Crippen molar-refractivity contribution in [1.29, 1.82) is 0 Å². The Kier molecular flexibility index (Phi) is 4.55. The van der Waals surface area contributed by atoms with Crippen molar-refractivity contribution in [3.05, 3.63) is 71.8 Å². The lowest BCUT2D eigenvalue weighted by Crippen LogP contribution is -2.31. The number of likely N-dealkylation sites (tertiary alicyclic amines) is 1. The van der Waals surface area contributed by atoms with Crippen LogP contribution in [-0.2, 0) is 19.5 Å². The third kappa shape index (κ3) is 3.63. The SMILES string of the molecule is O=C(Nc1cccc(F)c1)c1nnc2n1C[C@@H]1CN(Cc3ccccn3)C[C@@H]1C2. The van der Waals surface area contributed by atoms with Gasteiger partial charge in [0.25, 0.3) is 5.91 Å². The Labute approximate surface area is 167 Å². The van der Waals surface area contributed by atoms with Crippen molar-refractivity contribution < 1.29 is 9.18 Å². The van der Waals surface area contributed by atoms with Gasteiger partial charge >= 0.3 is 0 Å². The molecule has 1 saturated heterocycles. The molecule has 1 amide bonds. The van der Waals surface area contributed by atoms with Gasteiger partial charge < -0.3 is 9.88 Å². The molecule has 0 unspecified atom stereocenters. The minimum atomic E-state index is -0.395. The van der Waals surface area contributed by atoms with E-state index < -0.39 is 5.82 Å². The smallest absolute Gasteiger partial charge is 0.293 e. The predicted molar refractivity (Wildman–Crippen MR) is 105 cm³/mol. The molecule has 0 spiro atoms. The fourth-order valence-electron chi connectivity index (χ4n) is 4.39.